The van der Waals surface area contributed by atoms with Gasteiger partial charge >= 0.3 is 11.9 Å². The van der Waals surface area contributed by atoms with Crippen molar-refractivity contribution in [1.29, 1.82) is 0 Å². The van der Waals surface area contributed by atoms with Gasteiger partial charge in [-0.25, -0.2) is 0 Å². The van der Waals surface area contributed by atoms with Crippen LogP contribution < -0.4 is 22.5 Å². The predicted octanol–water partition coefficient (Wildman–Crippen LogP) is 1.02. The average Bonchev–Trinajstić information content (AvgIpc) is 2.62. The van der Waals surface area contributed by atoms with Crippen LogP contribution in [0.5, 0.6) is 0 Å². The molecule has 0 unspecified atom stereocenters. The molecule has 1 aliphatic carbocycles. The van der Waals surface area contributed by atoms with E-state index in [4.69, 9.17) is 27.4 Å². The van der Waals surface area contributed by atoms with Crippen molar-refractivity contribution < 1.29 is 19.8 Å². The number of unbranched alkanes of at least 4 members (excludes halogenated alkanes) is 2. The lowest BCUT2D eigenvalue weighted by molar-refractivity contribution is -0.140. The van der Waals surface area contributed by atoms with E-state index in [1.807, 2.05) is 0 Å². The Morgan fingerprint density at radius 2 is 1.42 bits per heavy atom. The van der Waals surface area contributed by atoms with E-state index in [-0.39, 0.29) is 6.04 Å². The van der Waals surface area contributed by atoms with Crippen LogP contribution in [-0.2, 0) is 9.59 Å². The molecule has 0 aromatic rings. The van der Waals surface area contributed by atoms with Gasteiger partial charge in [-0.3, -0.25) is 9.59 Å². The molecule has 0 heterocycles. The highest BCUT2D eigenvalue weighted by molar-refractivity contribution is 5.73. The Balaban J connectivity index is 0.000000541. The summed E-state index contributed by atoms with van der Waals surface area (Å²) in [6, 6.07) is -0.686. The second-order valence-electron chi connectivity index (χ2n) is 6.91. The Labute approximate surface area is 156 Å². The minimum absolute atomic E-state index is 0.380. The molecule has 0 aromatic heterocycles. The Bertz CT molecular complexity index is 376. The van der Waals surface area contributed by atoms with Crippen LogP contribution in [0.1, 0.15) is 70.6 Å². The number of carboxylic acid groups (broad SMARTS) is 2. The first kappa shape index (κ1) is 24.8. The largest absolute Gasteiger partial charge is 0.480 e. The molecule has 0 amide bonds. The molecule has 8 nitrogen and oxygen atoms in total. The van der Waals surface area contributed by atoms with Crippen LogP contribution >= 0.6 is 0 Å². The van der Waals surface area contributed by atoms with Gasteiger partial charge in [0.25, 0.3) is 0 Å². The van der Waals surface area contributed by atoms with Gasteiger partial charge < -0.3 is 32.7 Å². The Hall–Kier alpha value is -1.22. The van der Waals surface area contributed by atoms with Crippen molar-refractivity contribution in [2.75, 3.05) is 13.1 Å². The number of nitrogens with one attached hydrogen (secondary N) is 1. The van der Waals surface area contributed by atoms with Gasteiger partial charge in [-0.2, -0.15) is 0 Å². The van der Waals surface area contributed by atoms with Crippen LogP contribution in [0.2, 0.25) is 0 Å². The summed E-state index contributed by atoms with van der Waals surface area (Å²) in [5.74, 6) is -1.65. The van der Waals surface area contributed by atoms with E-state index in [0.717, 1.165) is 38.5 Å². The van der Waals surface area contributed by atoms with Gasteiger partial charge in [0.05, 0.1) is 0 Å². The predicted molar refractivity (Wildman–Crippen MR) is 103 cm³/mol. The van der Waals surface area contributed by atoms with Crippen LogP contribution in [0.3, 0.4) is 0 Å². The maximum Gasteiger partial charge on any atom is 0.320 e. The number of aliphatic carboxylic acids is 2. The van der Waals surface area contributed by atoms with E-state index in [2.05, 4.69) is 5.32 Å². The molecule has 0 aromatic carbocycles. The molecule has 0 bridgehead atoms. The van der Waals surface area contributed by atoms with Crippen LogP contribution in [0.4, 0.5) is 0 Å². The zero-order valence-electron chi connectivity index (χ0n) is 15.9. The third-order valence-electron chi connectivity index (χ3n) is 4.57. The first-order chi connectivity index (χ1) is 12.4. The average molecular weight is 375 g/mol. The monoisotopic (exact) mass is 374 g/mol. The Morgan fingerprint density at radius 1 is 0.885 bits per heavy atom. The van der Waals surface area contributed by atoms with Crippen molar-refractivity contribution in [3.63, 3.8) is 0 Å². The molecule has 1 fully saturated rings. The van der Waals surface area contributed by atoms with Gasteiger partial charge in [0.15, 0.2) is 0 Å². The van der Waals surface area contributed by atoms with E-state index in [0.29, 0.717) is 32.0 Å². The normalized spacial score (nSPS) is 17.0. The summed E-state index contributed by atoms with van der Waals surface area (Å²) >= 11 is 0. The number of hydrogen-bond acceptors (Lipinski definition) is 6. The summed E-state index contributed by atoms with van der Waals surface area (Å²) in [5.41, 5.74) is 15.8. The standard InChI is InChI=1S/C12H24N2O2.C6H14N2O2/c13-9-5-4-8-11(12(15)16)14-10-6-2-1-3-7-10;7-4-2-1-3-5(8)6(9)10/h10-11,14H,1-9,13H2,(H,15,16);5H,1-4,7-8H2,(H,9,10)/t11-;5-/m00/s1. The molecular weight excluding hydrogens is 336 g/mol. The molecule has 8 heteroatoms. The summed E-state index contributed by atoms with van der Waals surface area (Å²) < 4.78 is 0. The molecule has 0 aliphatic heterocycles. The number of rotatable bonds is 12. The second-order valence-corrected chi connectivity index (χ2v) is 6.91. The van der Waals surface area contributed by atoms with E-state index in [1.54, 1.807) is 0 Å². The molecule has 9 N–H and O–H groups in total. The topological polar surface area (TPSA) is 165 Å². The molecule has 154 valence electrons. The highest BCUT2D eigenvalue weighted by Crippen LogP contribution is 2.18. The molecule has 0 spiro atoms. The molecule has 1 saturated carbocycles. The van der Waals surface area contributed by atoms with Gasteiger partial charge in [-0.05, 0) is 51.6 Å². The van der Waals surface area contributed by atoms with Crippen molar-refractivity contribution in [1.82, 2.24) is 5.32 Å². The van der Waals surface area contributed by atoms with E-state index < -0.39 is 18.0 Å². The third kappa shape index (κ3) is 13.0. The van der Waals surface area contributed by atoms with E-state index in [9.17, 15) is 9.59 Å². The van der Waals surface area contributed by atoms with Crippen molar-refractivity contribution in [2.45, 2.75) is 88.8 Å². The fourth-order valence-electron chi connectivity index (χ4n) is 2.96. The molecule has 2 atom stereocenters. The first-order valence-corrected chi connectivity index (χ1v) is 9.79. The van der Waals surface area contributed by atoms with E-state index in [1.165, 1.54) is 19.3 Å². The Morgan fingerprint density at radius 3 is 1.88 bits per heavy atom. The van der Waals surface area contributed by atoms with Gasteiger partial charge in [-0.1, -0.05) is 32.1 Å². The van der Waals surface area contributed by atoms with Crippen molar-refractivity contribution in [3.05, 3.63) is 0 Å². The number of carbonyl (C=O) groups is 2. The lowest BCUT2D eigenvalue weighted by Gasteiger charge is -2.26. The zero-order chi connectivity index (χ0) is 19.8. The molecule has 26 heavy (non-hydrogen) atoms. The van der Waals surface area contributed by atoms with Gasteiger partial charge in [0.2, 0.25) is 0 Å². The summed E-state index contributed by atoms with van der Waals surface area (Å²) in [6.07, 6.45) is 10.7. The van der Waals surface area contributed by atoms with Crippen molar-refractivity contribution in [3.8, 4) is 0 Å². The van der Waals surface area contributed by atoms with Crippen LogP contribution in [0.25, 0.3) is 0 Å². The summed E-state index contributed by atoms with van der Waals surface area (Å²) in [6.45, 7) is 1.25. The molecule has 1 aliphatic rings. The molecule has 1 rings (SSSR count). The summed E-state index contributed by atoms with van der Waals surface area (Å²) in [4.78, 5) is 21.2. The lowest BCUT2D eigenvalue weighted by atomic mass is 9.94. The van der Waals surface area contributed by atoms with Crippen molar-refractivity contribution in [2.24, 2.45) is 17.2 Å². The second kappa shape index (κ2) is 16.0. The highest BCUT2D eigenvalue weighted by atomic mass is 16.4. The minimum atomic E-state index is -0.933. The summed E-state index contributed by atoms with van der Waals surface area (Å²) in [7, 11) is 0. The van der Waals surface area contributed by atoms with Gasteiger partial charge in [0, 0.05) is 6.04 Å². The number of carboxylic acids is 2. The maximum atomic E-state index is 11.1. The first-order valence-electron chi connectivity index (χ1n) is 9.79. The highest BCUT2D eigenvalue weighted by Gasteiger charge is 2.22. The quantitative estimate of drug-likeness (QED) is 0.275. The zero-order valence-corrected chi connectivity index (χ0v) is 15.9. The SMILES string of the molecule is NCCCC[C@H](N)C(=O)O.NCCCC[C@H](NC1CCCCC1)C(=O)O. The lowest BCUT2D eigenvalue weighted by Crippen LogP contribution is -2.44. The number of nitrogens with two attached hydrogens (primary N) is 3. The Kier molecular flexibility index (Phi) is 15.2. The third-order valence-corrected chi connectivity index (χ3v) is 4.57. The maximum absolute atomic E-state index is 11.1. The molecule has 0 radical (unpaired) electrons. The minimum Gasteiger partial charge on any atom is -0.480 e. The smallest absolute Gasteiger partial charge is 0.320 e. The van der Waals surface area contributed by atoms with Crippen LogP contribution in [-0.4, -0.2) is 53.4 Å². The number of hydrogen-bond donors (Lipinski definition) is 6. The van der Waals surface area contributed by atoms with Crippen LogP contribution in [0, 0.1) is 0 Å². The van der Waals surface area contributed by atoms with Crippen molar-refractivity contribution >= 4 is 11.9 Å². The summed E-state index contributed by atoms with van der Waals surface area (Å²) in [5, 5.41) is 20.7. The molecule has 0 saturated heterocycles. The fourth-order valence-corrected chi connectivity index (χ4v) is 2.96. The van der Waals surface area contributed by atoms with Crippen LogP contribution in [0.15, 0.2) is 0 Å². The van der Waals surface area contributed by atoms with Gasteiger partial charge in [-0.15, -0.1) is 0 Å². The van der Waals surface area contributed by atoms with Gasteiger partial charge in [0.1, 0.15) is 12.1 Å². The van der Waals surface area contributed by atoms with E-state index >= 15 is 0 Å². The fraction of sp³-hybridized carbons (Fsp3) is 0.889. The molecular formula is C18H38N4O4.